The molecule has 6 heteroatoms. The van der Waals surface area contributed by atoms with Gasteiger partial charge in [-0.25, -0.2) is 0 Å². The van der Waals surface area contributed by atoms with Crippen LogP contribution in [-0.2, 0) is 9.53 Å². The zero-order valence-corrected chi connectivity index (χ0v) is 14.5. The molecule has 0 unspecified atom stereocenters. The third kappa shape index (κ3) is 3.59. The standard InChI is InChI=1S/C18H26N2O4/c1-22-16-4-3-15(13-17(16)23-2)19-7-9-20(10-8-19)18(21)14-5-11-24-12-6-14/h3-4,13-14H,5-12H2,1-2H3. The third-order valence-corrected chi connectivity index (χ3v) is 4.89. The molecule has 0 saturated carbocycles. The summed E-state index contributed by atoms with van der Waals surface area (Å²) in [5.41, 5.74) is 1.10. The summed E-state index contributed by atoms with van der Waals surface area (Å²) in [4.78, 5) is 16.9. The van der Waals surface area contributed by atoms with Crippen molar-refractivity contribution in [2.24, 2.45) is 5.92 Å². The summed E-state index contributed by atoms with van der Waals surface area (Å²) in [6, 6.07) is 5.96. The lowest BCUT2D eigenvalue weighted by Crippen LogP contribution is -2.51. The lowest BCUT2D eigenvalue weighted by Gasteiger charge is -2.38. The van der Waals surface area contributed by atoms with Gasteiger partial charge in [0.1, 0.15) is 0 Å². The van der Waals surface area contributed by atoms with Crippen LogP contribution in [0.25, 0.3) is 0 Å². The Morgan fingerprint density at radius 3 is 2.33 bits per heavy atom. The normalized spacial score (nSPS) is 19.2. The van der Waals surface area contributed by atoms with Crippen LogP contribution in [0.1, 0.15) is 12.8 Å². The van der Waals surface area contributed by atoms with Gasteiger partial charge in [-0.3, -0.25) is 4.79 Å². The second kappa shape index (κ2) is 7.75. The van der Waals surface area contributed by atoms with Gasteiger partial charge in [-0.05, 0) is 25.0 Å². The van der Waals surface area contributed by atoms with E-state index in [0.29, 0.717) is 19.1 Å². The number of methoxy groups -OCH3 is 2. The van der Waals surface area contributed by atoms with Gasteiger partial charge < -0.3 is 24.0 Å². The van der Waals surface area contributed by atoms with E-state index in [1.54, 1.807) is 14.2 Å². The molecule has 0 N–H and O–H groups in total. The van der Waals surface area contributed by atoms with Gasteiger partial charge >= 0.3 is 0 Å². The first-order chi connectivity index (χ1) is 11.7. The fourth-order valence-corrected chi connectivity index (χ4v) is 3.41. The van der Waals surface area contributed by atoms with Gasteiger partial charge in [0.25, 0.3) is 0 Å². The maximum Gasteiger partial charge on any atom is 0.225 e. The Bertz CT molecular complexity index is 564. The second-order valence-corrected chi connectivity index (χ2v) is 6.24. The van der Waals surface area contributed by atoms with Gasteiger partial charge in [-0.2, -0.15) is 0 Å². The Labute approximate surface area is 143 Å². The van der Waals surface area contributed by atoms with E-state index in [1.807, 2.05) is 23.1 Å². The highest BCUT2D eigenvalue weighted by Crippen LogP contribution is 2.32. The Hall–Kier alpha value is -1.95. The summed E-state index contributed by atoms with van der Waals surface area (Å²) >= 11 is 0. The zero-order valence-electron chi connectivity index (χ0n) is 14.5. The molecule has 2 aliphatic heterocycles. The first-order valence-electron chi connectivity index (χ1n) is 8.56. The summed E-state index contributed by atoms with van der Waals surface area (Å²) in [5, 5.41) is 0. The van der Waals surface area contributed by atoms with E-state index < -0.39 is 0 Å². The second-order valence-electron chi connectivity index (χ2n) is 6.24. The van der Waals surface area contributed by atoms with Crippen molar-refractivity contribution in [1.29, 1.82) is 0 Å². The fourth-order valence-electron chi connectivity index (χ4n) is 3.41. The maximum atomic E-state index is 12.6. The van der Waals surface area contributed by atoms with Crippen molar-refractivity contribution in [2.45, 2.75) is 12.8 Å². The molecule has 24 heavy (non-hydrogen) atoms. The fraction of sp³-hybridized carbons (Fsp3) is 0.611. The zero-order chi connectivity index (χ0) is 16.9. The van der Waals surface area contributed by atoms with Crippen molar-refractivity contribution in [3.63, 3.8) is 0 Å². The average Bonchev–Trinajstić information content (AvgIpc) is 2.67. The molecule has 0 aliphatic carbocycles. The third-order valence-electron chi connectivity index (χ3n) is 4.89. The van der Waals surface area contributed by atoms with Gasteiger partial charge in [0.05, 0.1) is 14.2 Å². The number of amides is 1. The van der Waals surface area contributed by atoms with Crippen LogP contribution in [0.3, 0.4) is 0 Å². The Morgan fingerprint density at radius 2 is 1.71 bits per heavy atom. The molecule has 132 valence electrons. The molecule has 0 atom stereocenters. The van der Waals surface area contributed by atoms with Crippen molar-refractivity contribution in [2.75, 3.05) is 58.5 Å². The van der Waals surface area contributed by atoms with Gasteiger partial charge in [0.2, 0.25) is 5.91 Å². The summed E-state index contributed by atoms with van der Waals surface area (Å²) in [6.45, 7) is 4.63. The lowest BCUT2D eigenvalue weighted by atomic mass is 9.98. The average molecular weight is 334 g/mol. The molecule has 0 bridgehead atoms. The highest BCUT2D eigenvalue weighted by Gasteiger charge is 2.29. The van der Waals surface area contributed by atoms with E-state index in [0.717, 1.165) is 56.2 Å². The van der Waals surface area contributed by atoms with Crippen molar-refractivity contribution in [3.05, 3.63) is 18.2 Å². The first-order valence-corrected chi connectivity index (χ1v) is 8.56. The first kappa shape index (κ1) is 16.9. The number of carbonyl (C=O) groups is 1. The van der Waals surface area contributed by atoms with E-state index in [2.05, 4.69) is 4.90 Å². The minimum atomic E-state index is 0.145. The van der Waals surface area contributed by atoms with Crippen LogP contribution in [0.5, 0.6) is 11.5 Å². The predicted octanol–water partition coefficient (Wildman–Crippen LogP) is 1.78. The molecule has 2 heterocycles. The number of anilines is 1. The van der Waals surface area contributed by atoms with E-state index in [4.69, 9.17) is 14.2 Å². The van der Waals surface area contributed by atoms with E-state index >= 15 is 0 Å². The Morgan fingerprint density at radius 1 is 1.04 bits per heavy atom. The van der Waals surface area contributed by atoms with Crippen molar-refractivity contribution < 1.29 is 19.0 Å². The topological polar surface area (TPSA) is 51.2 Å². The number of ether oxygens (including phenoxy) is 3. The Balaban J connectivity index is 1.59. The Kier molecular flexibility index (Phi) is 5.45. The molecule has 2 saturated heterocycles. The molecule has 0 spiro atoms. The van der Waals surface area contributed by atoms with Crippen molar-refractivity contribution >= 4 is 11.6 Å². The van der Waals surface area contributed by atoms with E-state index in [1.165, 1.54) is 0 Å². The summed E-state index contributed by atoms with van der Waals surface area (Å²) in [6.07, 6.45) is 1.71. The van der Waals surface area contributed by atoms with Gasteiger partial charge in [0.15, 0.2) is 11.5 Å². The van der Waals surface area contributed by atoms with Crippen LogP contribution in [0.15, 0.2) is 18.2 Å². The highest BCUT2D eigenvalue weighted by atomic mass is 16.5. The SMILES string of the molecule is COc1ccc(N2CCN(C(=O)C3CCOCC3)CC2)cc1OC. The number of carbonyl (C=O) groups excluding carboxylic acids is 1. The van der Waals surface area contributed by atoms with Crippen LogP contribution < -0.4 is 14.4 Å². The molecule has 1 amide bonds. The molecule has 0 radical (unpaired) electrons. The van der Waals surface area contributed by atoms with Crippen LogP contribution >= 0.6 is 0 Å². The number of piperazine rings is 1. The molecular weight excluding hydrogens is 308 g/mol. The molecule has 3 rings (SSSR count). The molecule has 1 aromatic carbocycles. The van der Waals surface area contributed by atoms with Crippen molar-refractivity contribution in [1.82, 2.24) is 4.90 Å². The lowest BCUT2D eigenvalue weighted by molar-refractivity contribution is -0.138. The molecule has 1 aromatic rings. The molecule has 2 fully saturated rings. The number of nitrogens with zero attached hydrogens (tertiary/aromatic N) is 2. The van der Waals surface area contributed by atoms with Crippen LogP contribution in [0.2, 0.25) is 0 Å². The maximum absolute atomic E-state index is 12.6. The molecule has 0 aromatic heterocycles. The number of rotatable bonds is 4. The van der Waals surface area contributed by atoms with Gasteiger partial charge in [-0.1, -0.05) is 0 Å². The van der Waals surface area contributed by atoms with Crippen LogP contribution in [-0.4, -0.2) is 64.4 Å². The molecule has 2 aliphatic rings. The smallest absolute Gasteiger partial charge is 0.225 e. The highest BCUT2D eigenvalue weighted by molar-refractivity contribution is 5.79. The van der Waals surface area contributed by atoms with E-state index in [-0.39, 0.29) is 5.92 Å². The van der Waals surface area contributed by atoms with Crippen molar-refractivity contribution in [3.8, 4) is 11.5 Å². The van der Waals surface area contributed by atoms with E-state index in [9.17, 15) is 4.79 Å². The summed E-state index contributed by atoms with van der Waals surface area (Å²) in [7, 11) is 3.28. The molecule has 6 nitrogen and oxygen atoms in total. The number of benzene rings is 1. The van der Waals surface area contributed by atoms with Gasteiger partial charge in [-0.15, -0.1) is 0 Å². The van der Waals surface area contributed by atoms with Crippen LogP contribution in [0.4, 0.5) is 5.69 Å². The minimum absolute atomic E-state index is 0.145. The summed E-state index contributed by atoms with van der Waals surface area (Å²) < 4.78 is 16.0. The predicted molar refractivity (Wildman–Crippen MR) is 91.9 cm³/mol. The summed E-state index contributed by atoms with van der Waals surface area (Å²) in [5.74, 6) is 1.90. The minimum Gasteiger partial charge on any atom is -0.493 e. The quantitative estimate of drug-likeness (QED) is 0.840. The largest absolute Gasteiger partial charge is 0.493 e. The molecular formula is C18H26N2O4. The number of hydrogen-bond donors (Lipinski definition) is 0. The monoisotopic (exact) mass is 334 g/mol. The van der Waals surface area contributed by atoms with Gasteiger partial charge in [0, 0.05) is 57.1 Å². The van der Waals surface area contributed by atoms with Crippen LogP contribution in [0, 0.1) is 5.92 Å². The number of hydrogen-bond acceptors (Lipinski definition) is 5.